The van der Waals surface area contributed by atoms with Crippen LogP contribution in [0.3, 0.4) is 0 Å². The summed E-state index contributed by atoms with van der Waals surface area (Å²) in [6, 6.07) is 10.8. The molecule has 1 atom stereocenters. The number of hydrogen-bond donors (Lipinski definition) is 2. The van der Waals surface area contributed by atoms with Crippen LogP contribution in [0.25, 0.3) is 0 Å². The van der Waals surface area contributed by atoms with Crippen molar-refractivity contribution in [2.45, 2.75) is 19.6 Å². The Morgan fingerprint density at radius 2 is 1.95 bits per heavy atom. The molecule has 22 heavy (non-hydrogen) atoms. The maximum atomic E-state index is 11.9. The zero-order valence-corrected chi connectivity index (χ0v) is 12.3. The van der Waals surface area contributed by atoms with E-state index in [9.17, 15) is 9.90 Å². The van der Waals surface area contributed by atoms with Gasteiger partial charge in [-0.2, -0.15) is 4.73 Å². The van der Waals surface area contributed by atoms with Gasteiger partial charge in [0.1, 0.15) is 19.3 Å². The van der Waals surface area contributed by atoms with Gasteiger partial charge in [0.05, 0.1) is 12.3 Å². The average molecular weight is 305 g/mol. The van der Waals surface area contributed by atoms with Crippen molar-refractivity contribution in [1.82, 2.24) is 4.73 Å². The lowest BCUT2D eigenvalue weighted by molar-refractivity contribution is -0.00350. The van der Waals surface area contributed by atoms with Crippen LogP contribution in [0.1, 0.15) is 11.3 Å². The molecular formula is C16H19NO5. The second-order valence-corrected chi connectivity index (χ2v) is 4.83. The predicted octanol–water partition coefficient (Wildman–Crippen LogP) is 0.518. The number of rotatable bonds is 7. The molecule has 1 heterocycles. The van der Waals surface area contributed by atoms with E-state index in [4.69, 9.17) is 14.7 Å². The Labute approximate surface area is 128 Å². The highest BCUT2D eigenvalue weighted by molar-refractivity contribution is 5.27. The van der Waals surface area contributed by atoms with Crippen LogP contribution in [0.2, 0.25) is 0 Å². The highest BCUT2D eigenvalue weighted by Gasteiger charge is 2.11. The molecule has 2 aromatic rings. The highest BCUT2D eigenvalue weighted by Crippen LogP contribution is 2.13. The molecule has 2 N–H and O–H groups in total. The van der Waals surface area contributed by atoms with Gasteiger partial charge in [0.15, 0.2) is 5.75 Å². The number of ether oxygens (including phenoxy) is 1. The standard InChI is InChI=1S/C16H19NO5/c1-12-16(21-10-13-5-3-2-4-6-13)15(20)7-8-17(12)22-11-14(19)9-18/h2-8,14,18-19H,9-11H2,1H3. The highest BCUT2D eigenvalue weighted by atomic mass is 16.7. The predicted molar refractivity (Wildman–Crippen MR) is 80.8 cm³/mol. The van der Waals surface area contributed by atoms with Crippen molar-refractivity contribution in [1.29, 1.82) is 0 Å². The third-order valence-corrected chi connectivity index (χ3v) is 3.09. The lowest BCUT2D eigenvalue weighted by atomic mass is 10.2. The Morgan fingerprint density at radius 3 is 2.64 bits per heavy atom. The van der Waals surface area contributed by atoms with Crippen LogP contribution < -0.4 is 15.0 Å². The fraction of sp³-hybridized carbons (Fsp3) is 0.312. The molecule has 0 aliphatic rings. The van der Waals surface area contributed by atoms with Gasteiger partial charge < -0.3 is 19.8 Å². The van der Waals surface area contributed by atoms with Crippen molar-refractivity contribution in [3.63, 3.8) is 0 Å². The molecule has 0 fully saturated rings. The minimum atomic E-state index is -0.979. The van der Waals surface area contributed by atoms with Gasteiger partial charge in [-0.1, -0.05) is 30.3 Å². The van der Waals surface area contributed by atoms with Gasteiger partial charge >= 0.3 is 0 Å². The van der Waals surface area contributed by atoms with E-state index in [1.807, 2.05) is 30.3 Å². The van der Waals surface area contributed by atoms with Crippen LogP contribution in [-0.4, -0.2) is 34.3 Å². The summed E-state index contributed by atoms with van der Waals surface area (Å²) in [4.78, 5) is 17.2. The first kappa shape index (κ1) is 16.1. The first-order valence-electron chi connectivity index (χ1n) is 6.93. The number of pyridine rings is 1. The molecular weight excluding hydrogens is 286 g/mol. The summed E-state index contributed by atoms with van der Waals surface area (Å²) >= 11 is 0. The van der Waals surface area contributed by atoms with Crippen LogP contribution in [0.5, 0.6) is 5.75 Å². The third-order valence-electron chi connectivity index (χ3n) is 3.09. The van der Waals surface area contributed by atoms with Crippen LogP contribution in [0, 0.1) is 6.92 Å². The van der Waals surface area contributed by atoms with Crippen molar-refractivity contribution < 1.29 is 19.8 Å². The monoisotopic (exact) mass is 305 g/mol. The van der Waals surface area contributed by atoms with Crippen molar-refractivity contribution in [2.24, 2.45) is 0 Å². The lowest BCUT2D eigenvalue weighted by Crippen LogP contribution is -2.28. The number of aliphatic hydroxyl groups excluding tert-OH is 2. The first-order chi connectivity index (χ1) is 10.6. The SMILES string of the molecule is Cc1c(OCc2ccccc2)c(=O)ccn1OCC(O)CO. The van der Waals surface area contributed by atoms with E-state index in [2.05, 4.69) is 0 Å². The molecule has 2 rings (SSSR count). The molecule has 0 radical (unpaired) electrons. The molecule has 0 spiro atoms. The third kappa shape index (κ3) is 4.09. The Kier molecular flexibility index (Phi) is 5.57. The zero-order chi connectivity index (χ0) is 15.9. The largest absolute Gasteiger partial charge is 0.483 e. The first-order valence-corrected chi connectivity index (χ1v) is 6.93. The summed E-state index contributed by atoms with van der Waals surface area (Å²) in [6.45, 7) is 1.49. The van der Waals surface area contributed by atoms with Crippen molar-refractivity contribution in [3.05, 3.63) is 64.1 Å². The molecule has 0 bridgehead atoms. The summed E-state index contributed by atoms with van der Waals surface area (Å²) in [6.07, 6.45) is 0.476. The van der Waals surface area contributed by atoms with E-state index < -0.39 is 12.7 Å². The minimum Gasteiger partial charge on any atom is -0.483 e. The molecule has 1 aromatic carbocycles. The van der Waals surface area contributed by atoms with E-state index in [-0.39, 0.29) is 24.4 Å². The Balaban J connectivity index is 2.11. The van der Waals surface area contributed by atoms with Crippen molar-refractivity contribution in [3.8, 4) is 5.75 Å². The summed E-state index contributed by atoms with van der Waals surface area (Å²) < 4.78 is 6.95. The molecule has 118 valence electrons. The number of benzene rings is 1. The molecule has 0 amide bonds. The van der Waals surface area contributed by atoms with Crippen LogP contribution >= 0.6 is 0 Å². The summed E-state index contributed by atoms with van der Waals surface area (Å²) in [5.74, 6) is 0.199. The molecule has 1 unspecified atom stereocenters. The zero-order valence-electron chi connectivity index (χ0n) is 12.3. The van der Waals surface area contributed by atoms with Gasteiger partial charge in [0.25, 0.3) is 0 Å². The van der Waals surface area contributed by atoms with Gasteiger partial charge in [-0.25, -0.2) is 0 Å². The summed E-state index contributed by atoms with van der Waals surface area (Å²) in [5, 5.41) is 18.1. The van der Waals surface area contributed by atoms with E-state index in [1.54, 1.807) is 6.92 Å². The molecule has 1 aromatic heterocycles. The number of nitrogens with zero attached hydrogens (tertiary/aromatic N) is 1. The van der Waals surface area contributed by atoms with Gasteiger partial charge in [-0.3, -0.25) is 4.79 Å². The quantitative estimate of drug-likeness (QED) is 0.779. The average Bonchev–Trinajstić information content (AvgIpc) is 2.54. The van der Waals surface area contributed by atoms with Gasteiger partial charge in [-0.15, -0.1) is 0 Å². The molecule has 0 aliphatic heterocycles. The van der Waals surface area contributed by atoms with E-state index in [1.165, 1.54) is 17.0 Å². The fourth-order valence-corrected chi connectivity index (χ4v) is 1.87. The maximum absolute atomic E-state index is 11.9. The Bertz CT molecular complexity index is 653. The summed E-state index contributed by atoms with van der Waals surface area (Å²) in [7, 11) is 0. The number of aliphatic hydroxyl groups is 2. The molecule has 6 nitrogen and oxygen atoms in total. The topological polar surface area (TPSA) is 80.9 Å². The van der Waals surface area contributed by atoms with Crippen LogP contribution in [-0.2, 0) is 6.61 Å². The Hall–Kier alpha value is -2.31. The van der Waals surface area contributed by atoms with E-state index >= 15 is 0 Å². The van der Waals surface area contributed by atoms with Crippen LogP contribution in [0.4, 0.5) is 0 Å². The Morgan fingerprint density at radius 1 is 1.23 bits per heavy atom. The molecule has 0 saturated carbocycles. The number of hydrogen-bond acceptors (Lipinski definition) is 5. The normalized spacial score (nSPS) is 12.0. The minimum absolute atomic E-state index is 0.0850. The number of aromatic nitrogens is 1. The smallest absolute Gasteiger partial charge is 0.223 e. The molecule has 0 saturated heterocycles. The maximum Gasteiger partial charge on any atom is 0.223 e. The lowest BCUT2D eigenvalue weighted by Gasteiger charge is -2.16. The van der Waals surface area contributed by atoms with Crippen molar-refractivity contribution >= 4 is 0 Å². The fourth-order valence-electron chi connectivity index (χ4n) is 1.87. The second-order valence-electron chi connectivity index (χ2n) is 4.83. The van der Waals surface area contributed by atoms with E-state index in [0.29, 0.717) is 5.69 Å². The molecule has 0 aliphatic carbocycles. The van der Waals surface area contributed by atoms with Gasteiger partial charge in [0, 0.05) is 12.3 Å². The molecule has 6 heteroatoms. The van der Waals surface area contributed by atoms with E-state index in [0.717, 1.165) is 5.56 Å². The van der Waals surface area contributed by atoms with Gasteiger partial charge in [0.2, 0.25) is 5.43 Å². The van der Waals surface area contributed by atoms with Crippen LogP contribution in [0.15, 0.2) is 47.4 Å². The van der Waals surface area contributed by atoms with Crippen molar-refractivity contribution in [2.75, 3.05) is 13.2 Å². The van der Waals surface area contributed by atoms with Gasteiger partial charge in [-0.05, 0) is 12.5 Å². The summed E-state index contributed by atoms with van der Waals surface area (Å²) in [5.41, 5.74) is 1.21. The second kappa shape index (κ2) is 7.63.